The van der Waals surface area contributed by atoms with Gasteiger partial charge in [-0.25, -0.2) is 0 Å². The molecule has 0 bridgehead atoms. The number of nitrogens with one attached hydrogen (secondary N) is 1. The highest BCUT2D eigenvalue weighted by Gasteiger charge is 2.34. The molecule has 0 aliphatic heterocycles. The molecular formula is C16H24ClF3N2O2. The molecular weight excluding hydrogens is 345 g/mol. The summed E-state index contributed by atoms with van der Waals surface area (Å²) in [7, 11) is 0. The van der Waals surface area contributed by atoms with Gasteiger partial charge in [0.05, 0.1) is 11.1 Å². The van der Waals surface area contributed by atoms with Gasteiger partial charge in [0.1, 0.15) is 11.4 Å². The summed E-state index contributed by atoms with van der Waals surface area (Å²) in [4.78, 5) is 11.7. The Morgan fingerprint density at radius 2 is 1.71 bits per heavy atom. The summed E-state index contributed by atoms with van der Waals surface area (Å²) >= 11 is 0. The molecule has 4 nitrogen and oxygen atoms in total. The first-order valence-corrected chi connectivity index (χ1v) is 7.16. The molecule has 1 amide bonds. The van der Waals surface area contributed by atoms with Crippen molar-refractivity contribution in [2.45, 2.75) is 58.5 Å². The van der Waals surface area contributed by atoms with Gasteiger partial charge in [-0.15, -0.1) is 12.4 Å². The third-order valence-electron chi connectivity index (χ3n) is 2.84. The average Bonchev–Trinajstić information content (AvgIpc) is 2.32. The Balaban J connectivity index is 0.00000529. The predicted octanol–water partition coefficient (Wildman–Crippen LogP) is 3.66. The molecule has 0 aromatic heterocycles. The molecule has 0 aliphatic rings. The Kier molecular flexibility index (Phi) is 7.14. The number of nitrogens with two attached hydrogens (primary N) is 1. The topological polar surface area (TPSA) is 64.3 Å². The first-order chi connectivity index (χ1) is 10.2. The lowest BCUT2D eigenvalue weighted by Crippen LogP contribution is -2.48. The maximum Gasteiger partial charge on any atom is 0.416 e. The number of rotatable bonds is 4. The van der Waals surface area contributed by atoms with Crippen LogP contribution in [0.3, 0.4) is 0 Å². The Bertz CT molecular complexity index is 576. The van der Waals surface area contributed by atoms with Gasteiger partial charge in [-0.3, -0.25) is 4.79 Å². The van der Waals surface area contributed by atoms with Gasteiger partial charge in [0, 0.05) is 6.54 Å². The van der Waals surface area contributed by atoms with Crippen LogP contribution in [-0.4, -0.2) is 17.0 Å². The molecule has 0 saturated carbocycles. The Labute approximate surface area is 146 Å². The minimum atomic E-state index is -4.55. The van der Waals surface area contributed by atoms with Crippen molar-refractivity contribution in [1.82, 2.24) is 5.32 Å². The number of carbonyl (C=O) groups is 1. The molecule has 1 rings (SSSR count). The number of hydrogen-bond acceptors (Lipinski definition) is 3. The van der Waals surface area contributed by atoms with Gasteiger partial charge in [-0.2, -0.15) is 13.2 Å². The second kappa shape index (κ2) is 7.61. The summed E-state index contributed by atoms with van der Waals surface area (Å²) in [6, 6.07) is 3.70. The van der Waals surface area contributed by atoms with Gasteiger partial charge in [0.15, 0.2) is 0 Å². The van der Waals surface area contributed by atoms with Crippen molar-refractivity contribution < 1.29 is 22.7 Å². The zero-order valence-electron chi connectivity index (χ0n) is 14.4. The van der Waals surface area contributed by atoms with E-state index < -0.39 is 28.8 Å². The first kappa shape index (κ1) is 22.5. The highest BCUT2D eigenvalue weighted by Crippen LogP contribution is 2.35. The third-order valence-corrected chi connectivity index (χ3v) is 2.84. The maximum absolute atomic E-state index is 13.2. The van der Waals surface area contributed by atoms with Gasteiger partial charge in [0.25, 0.3) is 0 Å². The molecule has 0 spiro atoms. The van der Waals surface area contributed by atoms with Crippen LogP contribution >= 0.6 is 12.4 Å². The Hall–Kier alpha value is -1.47. The predicted molar refractivity (Wildman–Crippen MR) is 89.2 cm³/mol. The number of alkyl halides is 3. The molecule has 0 radical (unpaired) electrons. The minimum Gasteiger partial charge on any atom is -0.488 e. The van der Waals surface area contributed by atoms with Crippen LogP contribution in [0.4, 0.5) is 13.2 Å². The maximum atomic E-state index is 13.2. The van der Waals surface area contributed by atoms with E-state index in [-0.39, 0.29) is 30.3 Å². The number of halogens is 4. The van der Waals surface area contributed by atoms with E-state index in [4.69, 9.17) is 10.5 Å². The van der Waals surface area contributed by atoms with Crippen LogP contribution in [0, 0.1) is 0 Å². The van der Waals surface area contributed by atoms with Crippen LogP contribution in [0.15, 0.2) is 18.2 Å². The van der Waals surface area contributed by atoms with E-state index in [9.17, 15) is 18.0 Å². The Morgan fingerprint density at radius 3 is 2.12 bits per heavy atom. The molecule has 0 aliphatic carbocycles. The van der Waals surface area contributed by atoms with Gasteiger partial charge >= 0.3 is 6.18 Å². The lowest BCUT2D eigenvalue weighted by Gasteiger charge is -2.23. The zero-order chi connectivity index (χ0) is 18.1. The van der Waals surface area contributed by atoms with Crippen molar-refractivity contribution >= 4 is 18.3 Å². The number of hydrogen-bond donors (Lipinski definition) is 2. The summed E-state index contributed by atoms with van der Waals surface area (Å²) in [6.45, 7) is 7.94. The lowest BCUT2D eigenvalue weighted by molar-refractivity contribution is -0.138. The normalized spacial score (nSPS) is 12.4. The minimum absolute atomic E-state index is 0. The molecule has 0 atom stereocenters. The highest BCUT2D eigenvalue weighted by molar-refractivity contribution is 5.85. The molecule has 24 heavy (non-hydrogen) atoms. The standard InChI is InChI=1S/C16H23F3N2O2.ClH/c1-14(2,3)23-11-7-6-10(12(8-11)16(17,18)19)9-21-13(22)15(4,5)20;/h6-8H,9,20H2,1-5H3,(H,21,22);1H. The number of amides is 1. The van der Waals surface area contributed by atoms with Crippen LogP contribution in [0.1, 0.15) is 45.7 Å². The molecule has 3 N–H and O–H groups in total. The smallest absolute Gasteiger partial charge is 0.416 e. The van der Waals surface area contributed by atoms with Crippen LogP contribution in [0.5, 0.6) is 5.75 Å². The van der Waals surface area contributed by atoms with E-state index in [1.807, 2.05) is 0 Å². The quantitative estimate of drug-likeness (QED) is 0.852. The fraction of sp³-hybridized carbons (Fsp3) is 0.562. The van der Waals surface area contributed by atoms with Crippen molar-refractivity contribution in [3.05, 3.63) is 29.3 Å². The van der Waals surface area contributed by atoms with Crippen molar-refractivity contribution in [2.75, 3.05) is 0 Å². The van der Waals surface area contributed by atoms with Crippen molar-refractivity contribution in [2.24, 2.45) is 5.73 Å². The summed E-state index contributed by atoms with van der Waals surface area (Å²) in [5, 5.41) is 2.41. The lowest BCUT2D eigenvalue weighted by atomic mass is 10.0. The largest absolute Gasteiger partial charge is 0.488 e. The highest BCUT2D eigenvalue weighted by atomic mass is 35.5. The molecule has 1 aromatic carbocycles. The fourth-order valence-electron chi connectivity index (χ4n) is 1.79. The summed E-state index contributed by atoms with van der Waals surface area (Å²) in [6.07, 6.45) is -4.55. The van der Waals surface area contributed by atoms with E-state index in [0.717, 1.165) is 6.07 Å². The Morgan fingerprint density at radius 1 is 1.17 bits per heavy atom. The van der Waals surface area contributed by atoms with Crippen LogP contribution in [0.2, 0.25) is 0 Å². The van der Waals surface area contributed by atoms with Gasteiger partial charge in [0.2, 0.25) is 5.91 Å². The van der Waals surface area contributed by atoms with E-state index in [1.165, 1.54) is 26.0 Å². The first-order valence-electron chi connectivity index (χ1n) is 7.16. The van der Waals surface area contributed by atoms with E-state index in [2.05, 4.69) is 5.32 Å². The summed E-state index contributed by atoms with van der Waals surface area (Å²) < 4.78 is 45.1. The second-order valence-electron chi connectivity index (χ2n) is 6.94. The average molecular weight is 369 g/mol. The molecule has 8 heteroatoms. The fourth-order valence-corrected chi connectivity index (χ4v) is 1.79. The van der Waals surface area contributed by atoms with Gasteiger partial charge < -0.3 is 15.8 Å². The van der Waals surface area contributed by atoms with E-state index >= 15 is 0 Å². The second-order valence-corrected chi connectivity index (χ2v) is 6.94. The van der Waals surface area contributed by atoms with Crippen molar-refractivity contribution in [3.8, 4) is 5.75 Å². The van der Waals surface area contributed by atoms with Crippen LogP contribution in [-0.2, 0) is 17.5 Å². The molecule has 138 valence electrons. The zero-order valence-corrected chi connectivity index (χ0v) is 15.2. The summed E-state index contributed by atoms with van der Waals surface area (Å²) in [5.74, 6) is -0.403. The van der Waals surface area contributed by atoms with Gasteiger partial charge in [-0.05, 0) is 52.3 Å². The number of carbonyl (C=O) groups excluding carboxylic acids is 1. The van der Waals surface area contributed by atoms with E-state index in [1.54, 1.807) is 20.8 Å². The van der Waals surface area contributed by atoms with E-state index in [0.29, 0.717) is 0 Å². The van der Waals surface area contributed by atoms with Gasteiger partial charge in [-0.1, -0.05) is 6.07 Å². The molecule has 0 unspecified atom stereocenters. The molecule has 0 heterocycles. The number of ether oxygens (including phenoxy) is 1. The SMILES string of the molecule is CC(C)(C)Oc1ccc(CNC(=O)C(C)(C)N)c(C(F)(F)F)c1.Cl. The van der Waals surface area contributed by atoms with Crippen molar-refractivity contribution in [1.29, 1.82) is 0 Å². The molecule has 0 fully saturated rings. The molecule has 0 saturated heterocycles. The number of benzene rings is 1. The van der Waals surface area contributed by atoms with Crippen LogP contribution < -0.4 is 15.8 Å². The van der Waals surface area contributed by atoms with Crippen molar-refractivity contribution in [3.63, 3.8) is 0 Å². The molecule has 1 aromatic rings. The third kappa shape index (κ3) is 6.97. The summed E-state index contributed by atoms with van der Waals surface area (Å²) in [5.41, 5.74) is 2.95. The van der Waals surface area contributed by atoms with Crippen LogP contribution in [0.25, 0.3) is 0 Å². The monoisotopic (exact) mass is 368 g/mol.